The predicted octanol–water partition coefficient (Wildman–Crippen LogP) is 1.98. The monoisotopic (exact) mass is 326 g/mol. The molecule has 0 atom stereocenters. The Kier molecular flexibility index (Phi) is 7.28. The largest absolute Gasteiger partial charge is 0.497 e. The van der Waals surface area contributed by atoms with Crippen LogP contribution in [0.2, 0.25) is 0 Å². The van der Waals surface area contributed by atoms with Gasteiger partial charge < -0.3 is 24.9 Å². The van der Waals surface area contributed by atoms with Crippen LogP contribution in [0.3, 0.4) is 0 Å². The van der Waals surface area contributed by atoms with Crippen LogP contribution in [0.15, 0.2) is 41.0 Å². The highest BCUT2D eigenvalue weighted by molar-refractivity contribution is 5.93. The Balaban J connectivity index is 0.00000242. The SMILES string of the molecule is COc1ccc(OCCNC(=O)c2coc(CN)c2)cc1.Cl. The molecule has 2 rings (SSSR count). The maximum atomic E-state index is 11.8. The van der Waals surface area contributed by atoms with Crippen LogP contribution in [0.4, 0.5) is 0 Å². The van der Waals surface area contributed by atoms with Crippen LogP contribution in [0.25, 0.3) is 0 Å². The van der Waals surface area contributed by atoms with Crippen molar-refractivity contribution in [3.63, 3.8) is 0 Å². The number of ether oxygens (including phenoxy) is 2. The van der Waals surface area contributed by atoms with E-state index in [9.17, 15) is 4.79 Å². The Morgan fingerprint density at radius 2 is 1.95 bits per heavy atom. The standard InChI is InChI=1S/C15H18N2O4.ClH/c1-19-12-2-4-13(5-3-12)20-7-6-17-15(18)11-8-14(9-16)21-10-11;/h2-5,8,10H,6-7,9,16H2,1H3,(H,17,18);1H. The van der Waals surface area contributed by atoms with Crippen molar-refractivity contribution in [2.24, 2.45) is 5.73 Å². The molecule has 1 aromatic carbocycles. The number of rotatable bonds is 7. The summed E-state index contributed by atoms with van der Waals surface area (Å²) in [5, 5.41) is 2.74. The number of methoxy groups -OCH3 is 1. The number of carbonyl (C=O) groups excluding carboxylic acids is 1. The van der Waals surface area contributed by atoms with Crippen LogP contribution >= 0.6 is 12.4 Å². The number of hydrogen-bond donors (Lipinski definition) is 2. The first-order valence-corrected chi connectivity index (χ1v) is 6.55. The van der Waals surface area contributed by atoms with Crippen molar-refractivity contribution in [2.75, 3.05) is 20.3 Å². The Morgan fingerprint density at radius 1 is 1.27 bits per heavy atom. The molecular formula is C15H19ClN2O4. The van der Waals surface area contributed by atoms with Crippen LogP contribution < -0.4 is 20.5 Å². The van der Waals surface area contributed by atoms with Gasteiger partial charge in [-0.25, -0.2) is 0 Å². The fourth-order valence-corrected chi connectivity index (χ4v) is 1.71. The third kappa shape index (κ3) is 4.98. The van der Waals surface area contributed by atoms with Gasteiger partial charge in [-0.05, 0) is 30.3 Å². The molecule has 2 aromatic rings. The van der Waals surface area contributed by atoms with Crippen molar-refractivity contribution in [3.8, 4) is 11.5 Å². The number of furan rings is 1. The van der Waals surface area contributed by atoms with Gasteiger partial charge in [-0.3, -0.25) is 4.79 Å². The normalized spacial score (nSPS) is 9.73. The van der Waals surface area contributed by atoms with Crippen LogP contribution in [0.5, 0.6) is 11.5 Å². The van der Waals surface area contributed by atoms with Crippen molar-refractivity contribution in [2.45, 2.75) is 6.54 Å². The summed E-state index contributed by atoms with van der Waals surface area (Å²) in [7, 11) is 1.61. The molecule has 0 fully saturated rings. The summed E-state index contributed by atoms with van der Waals surface area (Å²) in [6, 6.07) is 8.87. The predicted molar refractivity (Wildman–Crippen MR) is 84.7 cm³/mol. The molecule has 0 saturated heterocycles. The quantitative estimate of drug-likeness (QED) is 0.760. The molecule has 6 nitrogen and oxygen atoms in total. The van der Waals surface area contributed by atoms with Crippen molar-refractivity contribution < 1.29 is 18.7 Å². The summed E-state index contributed by atoms with van der Waals surface area (Å²) in [6.07, 6.45) is 1.39. The highest BCUT2D eigenvalue weighted by Gasteiger charge is 2.08. The van der Waals surface area contributed by atoms with Crippen LogP contribution in [0.1, 0.15) is 16.1 Å². The molecule has 1 amide bonds. The number of hydrogen-bond acceptors (Lipinski definition) is 5. The molecule has 0 aliphatic heterocycles. The highest BCUT2D eigenvalue weighted by atomic mass is 35.5. The van der Waals surface area contributed by atoms with Crippen molar-refractivity contribution in [1.82, 2.24) is 5.32 Å². The van der Waals surface area contributed by atoms with E-state index in [-0.39, 0.29) is 24.9 Å². The van der Waals surface area contributed by atoms with Crippen molar-refractivity contribution in [3.05, 3.63) is 47.9 Å². The zero-order valence-electron chi connectivity index (χ0n) is 12.2. The summed E-state index contributed by atoms with van der Waals surface area (Å²) in [6.45, 7) is 1.04. The number of benzene rings is 1. The van der Waals surface area contributed by atoms with Crippen molar-refractivity contribution >= 4 is 18.3 Å². The van der Waals surface area contributed by atoms with Gasteiger partial charge in [0.2, 0.25) is 0 Å². The molecule has 1 heterocycles. The van der Waals surface area contributed by atoms with E-state index in [1.807, 2.05) is 24.3 Å². The highest BCUT2D eigenvalue weighted by Crippen LogP contribution is 2.16. The second-order valence-electron chi connectivity index (χ2n) is 4.29. The lowest BCUT2D eigenvalue weighted by Gasteiger charge is -2.07. The number of halogens is 1. The minimum absolute atomic E-state index is 0. The molecule has 120 valence electrons. The summed E-state index contributed by atoms with van der Waals surface area (Å²) in [5.41, 5.74) is 5.87. The Bertz CT molecular complexity index is 583. The van der Waals surface area contributed by atoms with Gasteiger partial charge in [-0.1, -0.05) is 0 Å². The van der Waals surface area contributed by atoms with E-state index in [1.165, 1.54) is 6.26 Å². The number of nitrogens with one attached hydrogen (secondary N) is 1. The van der Waals surface area contributed by atoms with Gasteiger partial charge >= 0.3 is 0 Å². The van der Waals surface area contributed by atoms with Crippen LogP contribution in [0, 0.1) is 0 Å². The second-order valence-corrected chi connectivity index (χ2v) is 4.29. The molecule has 1 aromatic heterocycles. The molecule has 3 N–H and O–H groups in total. The molecular weight excluding hydrogens is 308 g/mol. The fraction of sp³-hybridized carbons (Fsp3) is 0.267. The molecule has 0 saturated carbocycles. The van der Waals surface area contributed by atoms with Gasteiger partial charge in [-0.2, -0.15) is 0 Å². The summed E-state index contributed by atoms with van der Waals surface area (Å²) < 4.78 is 15.7. The van der Waals surface area contributed by atoms with E-state index >= 15 is 0 Å². The third-order valence-corrected chi connectivity index (χ3v) is 2.83. The third-order valence-electron chi connectivity index (χ3n) is 2.83. The maximum absolute atomic E-state index is 11.8. The Hall–Kier alpha value is -2.18. The van der Waals surface area contributed by atoms with Crippen LogP contribution in [-0.4, -0.2) is 26.2 Å². The molecule has 0 spiro atoms. The fourth-order valence-electron chi connectivity index (χ4n) is 1.71. The average molecular weight is 327 g/mol. The lowest BCUT2D eigenvalue weighted by molar-refractivity contribution is 0.0946. The first-order chi connectivity index (χ1) is 10.2. The first-order valence-electron chi connectivity index (χ1n) is 6.55. The Morgan fingerprint density at radius 3 is 2.55 bits per heavy atom. The minimum Gasteiger partial charge on any atom is -0.497 e. The number of nitrogens with two attached hydrogens (primary N) is 1. The lowest BCUT2D eigenvalue weighted by atomic mass is 10.3. The van der Waals surface area contributed by atoms with E-state index in [4.69, 9.17) is 19.6 Å². The molecule has 0 radical (unpaired) electrons. The molecule has 0 unspecified atom stereocenters. The number of amides is 1. The summed E-state index contributed by atoms with van der Waals surface area (Å²) >= 11 is 0. The van der Waals surface area contributed by atoms with E-state index < -0.39 is 0 Å². The second kappa shape index (κ2) is 8.96. The Labute approximate surface area is 135 Å². The first kappa shape index (κ1) is 17.9. The van der Waals surface area contributed by atoms with Gasteiger partial charge in [-0.15, -0.1) is 12.4 Å². The molecule has 0 bridgehead atoms. The van der Waals surface area contributed by atoms with E-state index in [2.05, 4.69) is 5.32 Å². The number of carbonyl (C=O) groups is 1. The summed E-state index contributed by atoms with van der Waals surface area (Å²) in [5.74, 6) is 1.86. The van der Waals surface area contributed by atoms with E-state index in [1.54, 1.807) is 13.2 Å². The summed E-state index contributed by atoms with van der Waals surface area (Å²) in [4.78, 5) is 11.8. The lowest BCUT2D eigenvalue weighted by Crippen LogP contribution is -2.27. The van der Waals surface area contributed by atoms with Crippen molar-refractivity contribution in [1.29, 1.82) is 0 Å². The zero-order valence-corrected chi connectivity index (χ0v) is 13.0. The van der Waals surface area contributed by atoms with E-state index in [0.29, 0.717) is 24.5 Å². The smallest absolute Gasteiger partial charge is 0.254 e. The van der Waals surface area contributed by atoms with Gasteiger partial charge in [0.05, 0.1) is 25.8 Å². The van der Waals surface area contributed by atoms with E-state index in [0.717, 1.165) is 11.5 Å². The molecule has 22 heavy (non-hydrogen) atoms. The molecule has 0 aliphatic carbocycles. The minimum atomic E-state index is -0.211. The van der Waals surface area contributed by atoms with Gasteiger partial charge in [0, 0.05) is 0 Å². The van der Waals surface area contributed by atoms with Gasteiger partial charge in [0.1, 0.15) is 30.1 Å². The van der Waals surface area contributed by atoms with Crippen LogP contribution in [-0.2, 0) is 6.54 Å². The van der Waals surface area contributed by atoms with Gasteiger partial charge in [0.25, 0.3) is 5.91 Å². The molecule has 0 aliphatic rings. The average Bonchev–Trinajstić information content (AvgIpc) is 3.01. The topological polar surface area (TPSA) is 86.7 Å². The zero-order chi connectivity index (χ0) is 15.1. The van der Waals surface area contributed by atoms with Gasteiger partial charge in [0.15, 0.2) is 0 Å². The maximum Gasteiger partial charge on any atom is 0.254 e. The molecule has 7 heteroatoms.